The van der Waals surface area contributed by atoms with Crippen LogP contribution in [0, 0.1) is 0 Å². The third-order valence-electron chi connectivity index (χ3n) is 11.7. The Morgan fingerprint density at radius 1 is 0.402 bits per heavy atom. The number of rotatable bonds is 20. The maximum atomic E-state index is 13.1. The molecule has 0 atom stereocenters. The Bertz CT molecular complexity index is 3100. The van der Waals surface area contributed by atoms with E-state index in [1.807, 2.05) is 84.9 Å². The maximum absolute atomic E-state index is 13.1. The standard InChI is InChI=1S/2C18H15S.2C14H12F2O5S.B3.ClH.Na/c2*1-4-10-16(11-5-1)19(17-12-6-2-7-13-17)18-14-8-3-9-15-18;2*15-14(16,22-21-20-18)13(17)19-9-8-11-6-3-5-10-4-1-2-7-12(10)11;1-3-2;;/h2*1-15H;2*1-7,18H,8-9H2;;1H;/q2*+1;;;;;+1/p-3. The van der Waals surface area contributed by atoms with Crippen LogP contribution in [0.15, 0.2) is 296 Å². The summed E-state index contributed by atoms with van der Waals surface area (Å²) >= 11 is -1.41. The van der Waals surface area contributed by atoms with E-state index >= 15 is 0 Å². The predicted molar refractivity (Wildman–Crippen MR) is 327 cm³/mol. The third-order valence-corrected chi connectivity index (χ3v) is 17.1. The van der Waals surface area contributed by atoms with Crippen LogP contribution in [0.25, 0.3) is 21.5 Å². The van der Waals surface area contributed by atoms with Gasteiger partial charge in [0.15, 0.2) is 29.4 Å². The van der Waals surface area contributed by atoms with Crippen molar-refractivity contribution in [3.05, 3.63) is 278 Å². The van der Waals surface area contributed by atoms with Crippen LogP contribution in [0.2, 0.25) is 0 Å². The monoisotopic (exact) mass is 1280 g/mol. The Kier molecular flexibility index (Phi) is 34.2. The molecule has 10 rings (SSSR count). The minimum atomic E-state index is -4.01. The first kappa shape index (κ1) is 73.5. The first-order chi connectivity index (χ1) is 41.4. The van der Waals surface area contributed by atoms with E-state index in [0.717, 1.165) is 39.7 Å². The second kappa shape index (κ2) is 40.5. The van der Waals surface area contributed by atoms with Gasteiger partial charge in [0, 0.05) is 35.4 Å². The number of carbonyl (C=O) groups excluding carboxylic acids is 2. The molecule has 10 aromatic carbocycles. The van der Waals surface area contributed by atoms with Gasteiger partial charge >= 0.3 is 52.0 Å². The summed E-state index contributed by atoms with van der Waals surface area (Å²) in [5, 5.41) is 20.5. The van der Waals surface area contributed by atoms with Crippen LogP contribution in [0.4, 0.5) is 17.6 Å². The maximum Gasteiger partial charge on any atom is 1.00 e. The number of hydrogen-bond acceptors (Lipinski definition) is 12. The van der Waals surface area contributed by atoms with E-state index in [4.69, 9.17) is 0 Å². The van der Waals surface area contributed by atoms with Gasteiger partial charge in [0.25, 0.3) is 0 Å². The van der Waals surface area contributed by atoms with Gasteiger partial charge in [-0.1, -0.05) is 194 Å². The summed E-state index contributed by atoms with van der Waals surface area (Å²) in [5.74, 6) is -3.59. The third kappa shape index (κ3) is 24.2. The van der Waals surface area contributed by atoms with E-state index in [1.54, 1.807) is 0 Å². The summed E-state index contributed by atoms with van der Waals surface area (Å²) in [4.78, 5) is 30.6. The normalized spacial score (nSPS) is 10.6. The molecule has 0 bridgehead atoms. The minimum absolute atomic E-state index is 0. The summed E-state index contributed by atoms with van der Waals surface area (Å²) in [6.45, 7) is -0.442. The first-order valence-corrected chi connectivity index (χ1v) is 29.7. The molecular weight excluding hydrogens is 1220 g/mol. The predicted octanol–water partition coefficient (Wildman–Crippen LogP) is 7.21. The van der Waals surface area contributed by atoms with E-state index in [9.17, 15) is 37.7 Å². The van der Waals surface area contributed by atoms with Crippen LogP contribution >= 0.6 is 24.1 Å². The summed E-state index contributed by atoms with van der Waals surface area (Å²) in [7, 11) is 9.97. The molecule has 0 unspecified atom stereocenters. The van der Waals surface area contributed by atoms with Gasteiger partial charge in [-0.3, -0.25) is 10.1 Å². The van der Waals surface area contributed by atoms with Crippen molar-refractivity contribution in [1.82, 2.24) is 0 Å². The Balaban J connectivity index is 0.000000243. The number of fused-ring (bicyclic) bond motifs is 2. The molecule has 0 aromatic heterocycles. The summed E-state index contributed by atoms with van der Waals surface area (Å²) in [6.07, 6.45) is 0.569. The van der Waals surface area contributed by atoms with Crippen molar-refractivity contribution in [1.29, 1.82) is 0 Å². The van der Waals surface area contributed by atoms with Crippen molar-refractivity contribution < 1.29 is 108 Å². The van der Waals surface area contributed by atoms with Crippen molar-refractivity contribution in [2.24, 2.45) is 0 Å². The number of alkyl halides is 4. The zero-order chi connectivity index (χ0) is 60.5. The van der Waals surface area contributed by atoms with E-state index in [-0.39, 0.29) is 89.8 Å². The van der Waals surface area contributed by atoms with E-state index in [0.29, 0.717) is 0 Å². The number of ether oxygens (including phenoxy) is 2. The van der Waals surface area contributed by atoms with Crippen molar-refractivity contribution in [2.45, 2.75) is 52.7 Å². The molecule has 0 aliphatic heterocycles. The fourth-order valence-corrected chi connectivity index (χ4v) is 12.7. The number of esters is 2. The van der Waals surface area contributed by atoms with Gasteiger partial charge in [0.2, 0.25) is 0 Å². The average molecular weight is 1280 g/mol. The Hall–Kier alpha value is -5.98. The summed E-state index contributed by atoms with van der Waals surface area (Å²) in [5.41, 5.74) is 1.75. The van der Waals surface area contributed by atoms with E-state index < -0.39 is 46.5 Å². The number of halogens is 5. The molecule has 0 amide bonds. The molecule has 0 heterocycles. The quantitative estimate of drug-likeness (QED) is 0.0145. The average Bonchev–Trinajstić information content (AvgIpc) is 3.72. The zero-order valence-corrected chi connectivity index (χ0v) is 52.6. The molecule has 0 saturated carbocycles. The van der Waals surface area contributed by atoms with Crippen LogP contribution in [0.5, 0.6) is 0 Å². The molecule has 437 valence electrons. The molecule has 10 nitrogen and oxygen atoms in total. The van der Waals surface area contributed by atoms with E-state index in [1.165, 1.54) is 29.4 Å². The summed E-state index contributed by atoms with van der Waals surface area (Å²) in [6, 6.07) is 90.7. The molecular formula is C64H52B3ClF4NaO10S4. The molecule has 0 aliphatic rings. The van der Waals surface area contributed by atoms with Crippen molar-refractivity contribution >= 4 is 102 Å². The molecule has 0 fully saturated rings. The number of hydrogen-bond donors (Lipinski definition) is 0. The molecule has 23 heteroatoms. The molecule has 0 spiro atoms. The molecule has 0 N–H and O–H groups in total. The van der Waals surface area contributed by atoms with Crippen LogP contribution in [0.1, 0.15) is 11.1 Å². The van der Waals surface area contributed by atoms with E-state index in [2.05, 4.69) is 226 Å². The van der Waals surface area contributed by atoms with Crippen LogP contribution < -0.4 is 52.5 Å². The van der Waals surface area contributed by atoms with Gasteiger partial charge in [-0.25, -0.2) is 9.59 Å². The van der Waals surface area contributed by atoms with Crippen LogP contribution in [-0.2, 0) is 72.4 Å². The molecule has 10 aromatic rings. The fraction of sp³-hybridized carbons (Fsp3) is 0.0938. The Labute approximate surface area is 549 Å². The van der Waals surface area contributed by atoms with Crippen molar-refractivity contribution in [3.63, 3.8) is 0 Å². The van der Waals surface area contributed by atoms with Crippen LogP contribution in [0.3, 0.4) is 0 Å². The van der Waals surface area contributed by atoms with Gasteiger partial charge in [-0.15, -0.1) is 0 Å². The molecule has 5 radical (unpaired) electrons. The zero-order valence-electron chi connectivity index (χ0n) is 46.6. The molecule has 0 aliphatic carbocycles. The van der Waals surface area contributed by atoms with Gasteiger partial charge < -0.3 is 32.4 Å². The SMILES string of the molecule is O=C(OCCc1cccc2ccccc12)C(F)(F)SOO[O-].O=C(OCCc1cccc2ccccc12)C(F)(F)SOO[O-].[B][B][B].[Cl-].[Na+].c1ccc([S+](c2ccccc2)c2ccccc2)cc1.c1ccc([S+](c2ccccc2)c2ccccc2)cc1. The molecule has 0 saturated heterocycles. The minimum Gasteiger partial charge on any atom is -1.00 e. The van der Waals surface area contributed by atoms with Gasteiger partial charge in [0.1, 0.15) is 24.1 Å². The second-order valence-electron chi connectivity index (χ2n) is 17.2. The number of benzene rings is 10. The van der Waals surface area contributed by atoms with Crippen molar-refractivity contribution in [2.75, 3.05) is 13.2 Å². The van der Waals surface area contributed by atoms with Crippen LogP contribution in [-0.4, -0.2) is 58.2 Å². The summed E-state index contributed by atoms with van der Waals surface area (Å²) < 4.78 is 68.4. The molecule has 87 heavy (non-hydrogen) atoms. The Morgan fingerprint density at radius 2 is 0.632 bits per heavy atom. The van der Waals surface area contributed by atoms with Crippen molar-refractivity contribution in [3.8, 4) is 0 Å². The smallest absolute Gasteiger partial charge is 1.00 e. The first-order valence-electron chi connectivity index (χ1n) is 25.8. The number of carbonyl (C=O) groups is 2. The topological polar surface area (TPSA) is 136 Å². The van der Waals surface area contributed by atoms with Gasteiger partial charge in [-0.2, -0.15) is 26.2 Å². The van der Waals surface area contributed by atoms with Gasteiger partial charge in [-0.05, 0) is 105 Å². The Morgan fingerprint density at radius 3 is 0.885 bits per heavy atom. The largest absolute Gasteiger partial charge is 1.00 e. The van der Waals surface area contributed by atoms with Gasteiger partial charge in [0.05, 0.1) is 35.0 Å². The second-order valence-corrected chi connectivity index (χ2v) is 22.9. The fourth-order valence-electron chi connectivity index (χ4n) is 8.03.